The van der Waals surface area contributed by atoms with Gasteiger partial charge >= 0.3 is 6.18 Å². The normalized spacial score (nSPS) is 33.9. The molecule has 0 aromatic heterocycles. The van der Waals surface area contributed by atoms with E-state index in [1.807, 2.05) is 0 Å². The highest BCUT2D eigenvalue weighted by atomic mass is 19.4. The first-order chi connectivity index (χ1) is 7.59. The lowest BCUT2D eigenvalue weighted by molar-refractivity contribution is -0.198. The number of piperazine rings is 1. The van der Waals surface area contributed by atoms with Crippen LogP contribution in [0.5, 0.6) is 0 Å². The molecule has 0 aromatic carbocycles. The monoisotopic (exact) mass is 238 g/mol. The van der Waals surface area contributed by atoms with Crippen LogP contribution in [0.25, 0.3) is 0 Å². The van der Waals surface area contributed by atoms with Gasteiger partial charge in [0.05, 0.1) is 6.61 Å². The second-order valence-electron chi connectivity index (χ2n) is 4.37. The van der Waals surface area contributed by atoms with Gasteiger partial charge in [0.1, 0.15) is 6.04 Å². The van der Waals surface area contributed by atoms with Crippen LogP contribution in [0, 0.1) is 0 Å². The molecule has 2 atom stereocenters. The summed E-state index contributed by atoms with van der Waals surface area (Å²) in [5.41, 5.74) is 0. The summed E-state index contributed by atoms with van der Waals surface area (Å²) >= 11 is 0. The zero-order chi connectivity index (χ0) is 11.6. The molecule has 0 spiro atoms. The molecule has 2 aliphatic heterocycles. The minimum Gasteiger partial charge on any atom is -0.380 e. The molecule has 1 N–H and O–H groups in total. The van der Waals surface area contributed by atoms with Crippen LogP contribution in [0.15, 0.2) is 0 Å². The highest BCUT2D eigenvalue weighted by Gasteiger charge is 2.46. The Balaban J connectivity index is 2.03. The molecule has 0 saturated carbocycles. The largest absolute Gasteiger partial charge is 0.405 e. The van der Waals surface area contributed by atoms with Gasteiger partial charge in [-0.3, -0.25) is 4.90 Å². The van der Waals surface area contributed by atoms with Gasteiger partial charge in [-0.15, -0.1) is 0 Å². The standard InChI is InChI=1S/C10H17F3N2O/c11-10(12,13)9-6-14-3-4-15(9)8-2-1-5-16-7-8/h8-9,14H,1-7H2. The molecule has 94 valence electrons. The summed E-state index contributed by atoms with van der Waals surface area (Å²) < 4.78 is 43.7. The van der Waals surface area contributed by atoms with Crippen molar-refractivity contribution in [1.29, 1.82) is 0 Å². The van der Waals surface area contributed by atoms with Crippen LogP contribution in [-0.2, 0) is 4.74 Å². The second kappa shape index (κ2) is 4.89. The molecule has 2 aliphatic rings. The van der Waals surface area contributed by atoms with E-state index in [0.717, 1.165) is 12.8 Å². The van der Waals surface area contributed by atoms with E-state index in [4.69, 9.17) is 4.74 Å². The molecule has 6 heteroatoms. The van der Waals surface area contributed by atoms with E-state index < -0.39 is 12.2 Å². The topological polar surface area (TPSA) is 24.5 Å². The molecule has 0 amide bonds. The molecule has 0 radical (unpaired) electrons. The van der Waals surface area contributed by atoms with Crippen LogP contribution in [0.4, 0.5) is 13.2 Å². The molecule has 3 nitrogen and oxygen atoms in total. The van der Waals surface area contributed by atoms with Gasteiger partial charge in [-0.2, -0.15) is 13.2 Å². The van der Waals surface area contributed by atoms with Gasteiger partial charge in [-0.1, -0.05) is 0 Å². The summed E-state index contributed by atoms with van der Waals surface area (Å²) in [6.45, 7) is 2.20. The van der Waals surface area contributed by atoms with Gasteiger partial charge in [0.2, 0.25) is 0 Å². The van der Waals surface area contributed by atoms with E-state index in [2.05, 4.69) is 5.32 Å². The van der Waals surface area contributed by atoms with Crippen LogP contribution in [0.3, 0.4) is 0 Å². The Hall–Kier alpha value is -0.330. The molecule has 2 unspecified atom stereocenters. The molecule has 2 fully saturated rings. The van der Waals surface area contributed by atoms with Crippen molar-refractivity contribution in [2.45, 2.75) is 31.1 Å². The molecular formula is C10H17F3N2O. The highest BCUT2D eigenvalue weighted by molar-refractivity contribution is 4.90. The third kappa shape index (κ3) is 2.67. The number of halogens is 3. The van der Waals surface area contributed by atoms with Crippen molar-refractivity contribution in [2.75, 3.05) is 32.8 Å². The molecule has 0 bridgehead atoms. The predicted molar refractivity (Wildman–Crippen MR) is 53.3 cm³/mol. The molecule has 0 aliphatic carbocycles. The van der Waals surface area contributed by atoms with Gasteiger partial charge in [0.25, 0.3) is 0 Å². The number of rotatable bonds is 1. The summed E-state index contributed by atoms with van der Waals surface area (Å²) in [4.78, 5) is 1.57. The lowest BCUT2D eigenvalue weighted by Gasteiger charge is -2.43. The first kappa shape index (κ1) is 12.1. The van der Waals surface area contributed by atoms with Crippen LogP contribution in [0.1, 0.15) is 12.8 Å². The predicted octanol–water partition coefficient (Wildman–Crippen LogP) is 1.00. The summed E-state index contributed by atoms with van der Waals surface area (Å²) in [6, 6.07) is -1.42. The quantitative estimate of drug-likeness (QED) is 0.737. The van der Waals surface area contributed by atoms with Crippen molar-refractivity contribution in [3.8, 4) is 0 Å². The third-order valence-corrected chi connectivity index (χ3v) is 3.27. The zero-order valence-electron chi connectivity index (χ0n) is 9.09. The van der Waals surface area contributed by atoms with Crippen LogP contribution < -0.4 is 5.32 Å². The summed E-state index contributed by atoms with van der Waals surface area (Å²) in [5.74, 6) is 0. The van der Waals surface area contributed by atoms with Gasteiger partial charge in [-0.25, -0.2) is 0 Å². The molecule has 2 rings (SSSR count). The average molecular weight is 238 g/mol. The van der Waals surface area contributed by atoms with Gasteiger partial charge in [-0.05, 0) is 12.8 Å². The van der Waals surface area contributed by atoms with Crippen molar-refractivity contribution in [3.63, 3.8) is 0 Å². The number of hydrogen-bond acceptors (Lipinski definition) is 3. The van der Waals surface area contributed by atoms with Crippen LogP contribution in [-0.4, -0.2) is 56.0 Å². The molecule has 2 heterocycles. The number of nitrogens with one attached hydrogen (secondary N) is 1. The van der Waals surface area contributed by atoms with E-state index in [1.165, 1.54) is 0 Å². The molecule has 0 aromatic rings. The first-order valence-corrected chi connectivity index (χ1v) is 5.70. The molecular weight excluding hydrogens is 221 g/mol. The maximum Gasteiger partial charge on any atom is 0.405 e. The first-order valence-electron chi connectivity index (χ1n) is 5.70. The van der Waals surface area contributed by atoms with Gasteiger partial charge < -0.3 is 10.1 Å². The smallest absolute Gasteiger partial charge is 0.380 e. The Bertz CT molecular complexity index is 229. The van der Waals surface area contributed by atoms with Crippen molar-refractivity contribution in [2.24, 2.45) is 0 Å². The van der Waals surface area contributed by atoms with E-state index >= 15 is 0 Å². The average Bonchev–Trinajstić information content (AvgIpc) is 2.29. The van der Waals surface area contributed by atoms with Crippen molar-refractivity contribution in [1.82, 2.24) is 10.2 Å². The number of ether oxygens (including phenoxy) is 1. The summed E-state index contributed by atoms with van der Waals surface area (Å²) in [6.07, 6.45) is -2.48. The lowest BCUT2D eigenvalue weighted by Crippen LogP contribution is -2.62. The van der Waals surface area contributed by atoms with E-state index in [0.29, 0.717) is 26.3 Å². The number of alkyl halides is 3. The maximum absolute atomic E-state index is 12.8. The van der Waals surface area contributed by atoms with Gasteiger partial charge in [0, 0.05) is 32.3 Å². The summed E-state index contributed by atoms with van der Waals surface area (Å²) in [7, 11) is 0. The van der Waals surface area contributed by atoms with Crippen LogP contribution >= 0.6 is 0 Å². The Kier molecular flexibility index (Phi) is 3.71. The van der Waals surface area contributed by atoms with Crippen molar-refractivity contribution >= 4 is 0 Å². The molecule has 16 heavy (non-hydrogen) atoms. The second-order valence-corrected chi connectivity index (χ2v) is 4.37. The van der Waals surface area contributed by atoms with Crippen molar-refractivity contribution < 1.29 is 17.9 Å². The van der Waals surface area contributed by atoms with Crippen LogP contribution in [0.2, 0.25) is 0 Å². The minimum atomic E-state index is -4.15. The van der Waals surface area contributed by atoms with Gasteiger partial charge in [0.15, 0.2) is 0 Å². The Morgan fingerprint density at radius 3 is 2.75 bits per heavy atom. The summed E-state index contributed by atoms with van der Waals surface area (Å²) in [5, 5.41) is 2.81. The van der Waals surface area contributed by atoms with Crippen molar-refractivity contribution in [3.05, 3.63) is 0 Å². The fraction of sp³-hybridized carbons (Fsp3) is 1.00. The van der Waals surface area contributed by atoms with E-state index in [1.54, 1.807) is 4.90 Å². The zero-order valence-corrected chi connectivity index (χ0v) is 9.09. The number of nitrogens with zero attached hydrogens (tertiary/aromatic N) is 1. The Morgan fingerprint density at radius 2 is 2.12 bits per heavy atom. The maximum atomic E-state index is 12.8. The Morgan fingerprint density at radius 1 is 1.31 bits per heavy atom. The van der Waals surface area contributed by atoms with E-state index in [9.17, 15) is 13.2 Å². The highest BCUT2D eigenvalue weighted by Crippen LogP contribution is 2.29. The fourth-order valence-electron chi connectivity index (χ4n) is 2.45. The molecule has 2 saturated heterocycles. The number of hydrogen-bond donors (Lipinski definition) is 1. The minimum absolute atomic E-state index is 0. The SMILES string of the molecule is FC(F)(F)C1CNCCN1C1CCCOC1. The van der Waals surface area contributed by atoms with E-state index in [-0.39, 0.29) is 12.6 Å². The third-order valence-electron chi connectivity index (χ3n) is 3.27. The Labute approximate surface area is 92.9 Å². The fourth-order valence-corrected chi connectivity index (χ4v) is 2.45. The lowest BCUT2D eigenvalue weighted by atomic mass is 10.0.